The summed E-state index contributed by atoms with van der Waals surface area (Å²) in [5.74, 6) is 1.41. The maximum Gasteiger partial charge on any atom is 0.165 e. The highest BCUT2D eigenvalue weighted by Gasteiger charge is 2.12. The molecule has 5 heteroatoms. The van der Waals surface area contributed by atoms with Gasteiger partial charge in [-0.3, -0.25) is 0 Å². The second kappa shape index (κ2) is 6.35. The lowest BCUT2D eigenvalue weighted by Crippen LogP contribution is -2.36. The lowest BCUT2D eigenvalue weighted by Gasteiger charge is -2.19. The van der Waals surface area contributed by atoms with Crippen LogP contribution in [-0.2, 0) is 13.1 Å². The summed E-state index contributed by atoms with van der Waals surface area (Å²) in [5, 5.41) is 15.4. The van der Waals surface area contributed by atoms with Crippen LogP contribution in [0.5, 0.6) is 0 Å². The van der Waals surface area contributed by atoms with Gasteiger partial charge in [0.15, 0.2) is 5.82 Å². The van der Waals surface area contributed by atoms with Crippen LogP contribution in [0.3, 0.4) is 0 Å². The SMILES string of the molecule is CC(C)c1ccc(Cn2nnnc2CNC(C)(C)C)cc1. The number of tetrazole rings is 1. The summed E-state index contributed by atoms with van der Waals surface area (Å²) in [4.78, 5) is 0. The van der Waals surface area contributed by atoms with Gasteiger partial charge in [-0.05, 0) is 48.2 Å². The molecule has 0 atom stereocenters. The van der Waals surface area contributed by atoms with Gasteiger partial charge < -0.3 is 5.32 Å². The first-order valence-electron chi connectivity index (χ1n) is 7.44. The fraction of sp³-hybridized carbons (Fsp3) is 0.562. The Morgan fingerprint density at radius 1 is 1.14 bits per heavy atom. The van der Waals surface area contributed by atoms with Gasteiger partial charge in [0.25, 0.3) is 0 Å². The Bertz CT molecular complexity index is 563. The second-order valence-corrected chi connectivity index (χ2v) is 6.75. The Morgan fingerprint density at radius 3 is 2.38 bits per heavy atom. The summed E-state index contributed by atoms with van der Waals surface area (Å²) in [6.07, 6.45) is 0. The van der Waals surface area contributed by atoms with E-state index >= 15 is 0 Å². The van der Waals surface area contributed by atoms with Crippen LogP contribution in [-0.4, -0.2) is 25.7 Å². The van der Waals surface area contributed by atoms with Gasteiger partial charge in [-0.1, -0.05) is 38.1 Å². The van der Waals surface area contributed by atoms with E-state index < -0.39 is 0 Å². The molecule has 0 amide bonds. The molecule has 0 spiro atoms. The average Bonchev–Trinajstić information content (AvgIpc) is 2.83. The molecule has 2 aromatic rings. The monoisotopic (exact) mass is 287 g/mol. The zero-order chi connectivity index (χ0) is 15.5. The van der Waals surface area contributed by atoms with Crippen molar-refractivity contribution in [3.05, 3.63) is 41.2 Å². The van der Waals surface area contributed by atoms with Crippen molar-refractivity contribution in [3.8, 4) is 0 Å². The van der Waals surface area contributed by atoms with Crippen molar-refractivity contribution in [2.45, 2.75) is 59.2 Å². The van der Waals surface area contributed by atoms with E-state index in [9.17, 15) is 0 Å². The quantitative estimate of drug-likeness (QED) is 0.918. The molecule has 1 aromatic heterocycles. The normalized spacial score (nSPS) is 12.1. The van der Waals surface area contributed by atoms with Gasteiger partial charge in [0.2, 0.25) is 0 Å². The number of hydrogen-bond acceptors (Lipinski definition) is 4. The van der Waals surface area contributed by atoms with Gasteiger partial charge in [-0.2, -0.15) is 0 Å². The van der Waals surface area contributed by atoms with Gasteiger partial charge in [0.1, 0.15) is 0 Å². The molecule has 114 valence electrons. The van der Waals surface area contributed by atoms with Crippen LogP contribution in [0.1, 0.15) is 57.5 Å². The third-order valence-corrected chi connectivity index (χ3v) is 3.36. The molecule has 0 aliphatic carbocycles. The molecule has 0 saturated heterocycles. The maximum atomic E-state index is 4.10. The molecule has 1 heterocycles. The second-order valence-electron chi connectivity index (χ2n) is 6.75. The van der Waals surface area contributed by atoms with Crippen molar-refractivity contribution in [1.82, 2.24) is 25.5 Å². The van der Waals surface area contributed by atoms with Crippen molar-refractivity contribution >= 4 is 0 Å². The molecule has 5 nitrogen and oxygen atoms in total. The molecule has 21 heavy (non-hydrogen) atoms. The average molecular weight is 287 g/mol. The summed E-state index contributed by atoms with van der Waals surface area (Å²) in [6.45, 7) is 12.2. The van der Waals surface area contributed by atoms with Crippen molar-refractivity contribution in [2.24, 2.45) is 0 Å². The number of nitrogens with one attached hydrogen (secondary N) is 1. The summed E-state index contributed by atoms with van der Waals surface area (Å²) >= 11 is 0. The van der Waals surface area contributed by atoms with Crippen LogP contribution in [0.4, 0.5) is 0 Å². The first-order chi connectivity index (χ1) is 9.85. The molecule has 0 bridgehead atoms. The van der Waals surface area contributed by atoms with Crippen LogP contribution in [0.25, 0.3) is 0 Å². The standard InChI is InChI=1S/C16H25N5/c1-12(2)14-8-6-13(7-9-14)11-21-15(18-19-20-21)10-17-16(3,4)5/h6-9,12,17H,10-11H2,1-5H3. The van der Waals surface area contributed by atoms with E-state index in [0.717, 1.165) is 5.82 Å². The van der Waals surface area contributed by atoms with Crippen LogP contribution < -0.4 is 5.32 Å². The van der Waals surface area contributed by atoms with Crippen molar-refractivity contribution < 1.29 is 0 Å². The number of rotatable bonds is 5. The van der Waals surface area contributed by atoms with E-state index in [4.69, 9.17) is 0 Å². The van der Waals surface area contributed by atoms with Gasteiger partial charge in [-0.25, -0.2) is 4.68 Å². The van der Waals surface area contributed by atoms with Crippen LogP contribution in [0, 0.1) is 0 Å². The smallest absolute Gasteiger partial charge is 0.165 e. The molecule has 0 radical (unpaired) electrons. The van der Waals surface area contributed by atoms with Gasteiger partial charge in [0, 0.05) is 5.54 Å². The number of nitrogens with zero attached hydrogens (tertiary/aromatic N) is 4. The summed E-state index contributed by atoms with van der Waals surface area (Å²) in [5.41, 5.74) is 2.61. The molecular formula is C16H25N5. The fourth-order valence-electron chi connectivity index (χ4n) is 2.00. The fourth-order valence-corrected chi connectivity index (χ4v) is 2.00. The third kappa shape index (κ3) is 4.63. The highest BCUT2D eigenvalue weighted by molar-refractivity contribution is 5.24. The molecule has 0 fully saturated rings. The molecule has 2 rings (SSSR count). The molecule has 1 N–H and O–H groups in total. The van der Waals surface area contributed by atoms with E-state index in [1.807, 2.05) is 4.68 Å². The lowest BCUT2D eigenvalue weighted by atomic mass is 10.0. The van der Waals surface area contributed by atoms with Gasteiger partial charge >= 0.3 is 0 Å². The Labute approximate surface area is 126 Å². The Balaban J connectivity index is 2.04. The number of hydrogen-bond donors (Lipinski definition) is 1. The summed E-state index contributed by atoms with van der Waals surface area (Å²) < 4.78 is 1.85. The van der Waals surface area contributed by atoms with Crippen LogP contribution in [0.15, 0.2) is 24.3 Å². The summed E-state index contributed by atoms with van der Waals surface area (Å²) in [7, 11) is 0. The Morgan fingerprint density at radius 2 is 1.81 bits per heavy atom. The highest BCUT2D eigenvalue weighted by Crippen LogP contribution is 2.15. The van der Waals surface area contributed by atoms with Crippen molar-refractivity contribution in [2.75, 3.05) is 0 Å². The molecule has 0 aliphatic heterocycles. The van der Waals surface area contributed by atoms with Gasteiger partial charge in [-0.15, -0.1) is 5.10 Å². The number of aromatic nitrogens is 4. The van der Waals surface area contributed by atoms with E-state index in [2.05, 4.69) is 79.7 Å². The molecule has 0 aliphatic rings. The highest BCUT2D eigenvalue weighted by atomic mass is 15.5. The van der Waals surface area contributed by atoms with E-state index in [1.165, 1.54) is 11.1 Å². The van der Waals surface area contributed by atoms with E-state index in [-0.39, 0.29) is 5.54 Å². The summed E-state index contributed by atoms with van der Waals surface area (Å²) in [6, 6.07) is 8.66. The minimum Gasteiger partial charge on any atom is -0.305 e. The zero-order valence-corrected chi connectivity index (χ0v) is 13.6. The third-order valence-electron chi connectivity index (χ3n) is 3.36. The Hall–Kier alpha value is -1.75. The number of benzene rings is 1. The molecule has 0 saturated carbocycles. The largest absolute Gasteiger partial charge is 0.305 e. The maximum absolute atomic E-state index is 4.10. The predicted octanol–water partition coefficient (Wildman–Crippen LogP) is 2.73. The molecular weight excluding hydrogens is 262 g/mol. The first-order valence-corrected chi connectivity index (χ1v) is 7.44. The van der Waals surface area contributed by atoms with Crippen LogP contribution in [0.2, 0.25) is 0 Å². The van der Waals surface area contributed by atoms with Crippen molar-refractivity contribution in [1.29, 1.82) is 0 Å². The minimum absolute atomic E-state index is 0.0513. The van der Waals surface area contributed by atoms with Crippen LogP contribution >= 0.6 is 0 Å². The van der Waals surface area contributed by atoms with Crippen molar-refractivity contribution in [3.63, 3.8) is 0 Å². The first kappa shape index (κ1) is 15.6. The Kier molecular flexibility index (Phi) is 4.73. The zero-order valence-electron chi connectivity index (χ0n) is 13.6. The molecule has 0 unspecified atom stereocenters. The van der Waals surface area contributed by atoms with E-state index in [0.29, 0.717) is 19.0 Å². The molecule has 1 aromatic carbocycles. The predicted molar refractivity (Wildman–Crippen MR) is 84.0 cm³/mol. The van der Waals surface area contributed by atoms with E-state index in [1.54, 1.807) is 0 Å². The minimum atomic E-state index is 0.0513. The topological polar surface area (TPSA) is 55.6 Å². The lowest BCUT2D eigenvalue weighted by molar-refractivity contribution is 0.410. The van der Waals surface area contributed by atoms with Gasteiger partial charge in [0.05, 0.1) is 13.1 Å².